The molecule has 0 aromatic heterocycles. The van der Waals surface area contributed by atoms with Crippen LogP contribution in [0.4, 0.5) is 5.69 Å². The number of nitrogens with one attached hydrogen (secondary N) is 1. The number of anilines is 1. The van der Waals surface area contributed by atoms with Crippen LogP contribution in [0.1, 0.15) is 18.1 Å². The van der Waals surface area contributed by atoms with E-state index in [0.29, 0.717) is 19.1 Å². The second-order valence-corrected chi connectivity index (χ2v) is 5.20. The Morgan fingerprint density at radius 3 is 2.68 bits per heavy atom. The summed E-state index contributed by atoms with van der Waals surface area (Å²) < 4.78 is 0. The number of benzene rings is 1. The maximum absolute atomic E-state index is 9.07. The van der Waals surface area contributed by atoms with Crippen molar-refractivity contribution < 1.29 is 10.2 Å². The summed E-state index contributed by atoms with van der Waals surface area (Å²) >= 11 is 0. The van der Waals surface area contributed by atoms with E-state index in [1.807, 2.05) is 0 Å². The van der Waals surface area contributed by atoms with Gasteiger partial charge in [0.2, 0.25) is 0 Å². The molecule has 0 fully saturated rings. The van der Waals surface area contributed by atoms with Crippen molar-refractivity contribution in [2.75, 3.05) is 38.2 Å². The summed E-state index contributed by atoms with van der Waals surface area (Å²) in [7, 11) is 0. The summed E-state index contributed by atoms with van der Waals surface area (Å²) in [6, 6.07) is 6.94. The molecule has 1 aromatic carbocycles. The largest absolute Gasteiger partial charge is 0.395 e. The highest BCUT2D eigenvalue weighted by Gasteiger charge is 2.15. The van der Waals surface area contributed by atoms with Crippen molar-refractivity contribution in [2.45, 2.75) is 25.8 Å². The van der Waals surface area contributed by atoms with Crippen LogP contribution >= 0.6 is 0 Å². The molecule has 1 aromatic rings. The fourth-order valence-corrected chi connectivity index (χ4v) is 2.76. The molecule has 1 heterocycles. The number of hydrogen-bond acceptors (Lipinski definition) is 4. The van der Waals surface area contributed by atoms with Gasteiger partial charge in [-0.1, -0.05) is 12.1 Å². The van der Waals surface area contributed by atoms with Crippen molar-refractivity contribution in [3.8, 4) is 0 Å². The molecule has 0 spiro atoms. The van der Waals surface area contributed by atoms with Crippen LogP contribution in [-0.4, -0.2) is 54.0 Å². The average molecular weight is 264 g/mol. The predicted octanol–water partition coefficient (Wildman–Crippen LogP) is 0.872. The normalized spacial score (nSPS) is 15.4. The molecular formula is C15H24N2O2. The molecule has 3 N–H and O–H groups in total. The number of nitrogens with zero attached hydrogens (tertiary/aromatic N) is 1. The Morgan fingerprint density at radius 1 is 1.26 bits per heavy atom. The zero-order valence-corrected chi connectivity index (χ0v) is 11.6. The lowest BCUT2D eigenvalue weighted by Crippen LogP contribution is -2.38. The first-order chi connectivity index (χ1) is 9.24. The van der Waals surface area contributed by atoms with Gasteiger partial charge in [-0.2, -0.15) is 0 Å². The highest BCUT2D eigenvalue weighted by molar-refractivity contribution is 5.56. The van der Waals surface area contributed by atoms with Crippen molar-refractivity contribution in [3.05, 3.63) is 29.3 Å². The Bertz CT molecular complexity index is 403. The molecule has 1 unspecified atom stereocenters. The number of aliphatic hydroxyl groups excluding tert-OH is 2. The van der Waals surface area contributed by atoms with E-state index >= 15 is 0 Å². The molecule has 0 saturated carbocycles. The second kappa shape index (κ2) is 6.89. The molecule has 2 rings (SSSR count). The monoisotopic (exact) mass is 264 g/mol. The fourth-order valence-electron chi connectivity index (χ4n) is 2.76. The SMILES string of the molecule is CC(Cc1ccc2c(c1)CCN2)N(CCO)CCO. The highest BCUT2D eigenvalue weighted by atomic mass is 16.3. The van der Waals surface area contributed by atoms with Gasteiger partial charge in [-0.25, -0.2) is 0 Å². The van der Waals surface area contributed by atoms with E-state index in [1.54, 1.807) is 0 Å². The smallest absolute Gasteiger partial charge is 0.0558 e. The fraction of sp³-hybridized carbons (Fsp3) is 0.600. The molecule has 106 valence electrons. The molecule has 0 radical (unpaired) electrons. The summed E-state index contributed by atoms with van der Waals surface area (Å²) in [5, 5.41) is 21.5. The number of aliphatic hydroxyl groups is 2. The topological polar surface area (TPSA) is 55.7 Å². The lowest BCUT2D eigenvalue weighted by Gasteiger charge is -2.27. The van der Waals surface area contributed by atoms with Gasteiger partial charge in [-0.15, -0.1) is 0 Å². The van der Waals surface area contributed by atoms with Gasteiger partial charge in [-0.05, 0) is 37.0 Å². The lowest BCUT2D eigenvalue weighted by atomic mass is 10.0. The van der Waals surface area contributed by atoms with Crippen molar-refractivity contribution in [1.29, 1.82) is 0 Å². The van der Waals surface area contributed by atoms with E-state index in [4.69, 9.17) is 10.2 Å². The van der Waals surface area contributed by atoms with Gasteiger partial charge in [0.15, 0.2) is 0 Å². The third kappa shape index (κ3) is 3.69. The van der Waals surface area contributed by atoms with Crippen molar-refractivity contribution in [2.24, 2.45) is 0 Å². The van der Waals surface area contributed by atoms with E-state index in [1.165, 1.54) is 16.8 Å². The zero-order chi connectivity index (χ0) is 13.7. The Hall–Kier alpha value is -1.10. The molecule has 4 nitrogen and oxygen atoms in total. The van der Waals surface area contributed by atoms with E-state index in [-0.39, 0.29) is 13.2 Å². The number of fused-ring (bicyclic) bond motifs is 1. The van der Waals surface area contributed by atoms with Crippen LogP contribution in [0.15, 0.2) is 18.2 Å². The maximum Gasteiger partial charge on any atom is 0.0558 e. The number of rotatable bonds is 7. The molecule has 19 heavy (non-hydrogen) atoms. The molecule has 0 aliphatic carbocycles. The summed E-state index contributed by atoms with van der Waals surface area (Å²) in [5.41, 5.74) is 4.00. The molecule has 0 bridgehead atoms. The Morgan fingerprint density at radius 2 is 2.00 bits per heavy atom. The predicted molar refractivity (Wildman–Crippen MR) is 77.5 cm³/mol. The standard InChI is InChI=1S/C15H24N2O2/c1-12(17(6-8-18)7-9-19)10-13-2-3-15-14(11-13)4-5-16-15/h2-3,11-12,16,18-19H,4-10H2,1H3. The molecule has 0 saturated heterocycles. The molecule has 0 amide bonds. The van der Waals surface area contributed by atoms with Gasteiger partial charge in [0.05, 0.1) is 13.2 Å². The molecular weight excluding hydrogens is 240 g/mol. The summed E-state index contributed by atoms with van der Waals surface area (Å²) in [4.78, 5) is 2.13. The van der Waals surface area contributed by atoms with Crippen LogP contribution < -0.4 is 5.32 Å². The number of hydrogen-bond donors (Lipinski definition) is 3. The van der Waals surface area contributed by atoms with Crippen molar-refractivity contribution >= 4 is 5.69 Å². The third-order valence-corrected chi connectivity index (χ3v) is 3.81. The zero-order valence-electron chi connectivity index (χ0n) is 11.6. The third-order valence-electron chi connectivity index (χ3n) is 3.81. The highest BCUT2D eigenvalue weighted by Crippen LogP contribution is 2.24. The minimum Gasteiger partial charge on any atom is -0.395 e. The van der Waals surface area contributed by atoms with Gasteiger partial charge in [0.25, 0.3) is 0 Å². The summed E-state index contributed by atoms with van der Waals surface area (Å²) in [6.07, 6.45) is 2.06. The lowest BCUT2D eigenvalue weighted by molar-refractivity contribution is 0.128. The van der Waals surface area contributed by atoms with Crippen molar-refractivity contribution in [1.82, 2.24) is 4.90 Å². The van der Waals surface area contributed by atoms with Crippen LogP contribution in [0.25, 0.3) is 0 Å². The van der Waals surface area contributed by atoms with Crippen LogP contribution in [0.2, 0.25) is 0 Å². The minimum atomic E-state index is 0.137. The Kier molecular flexibility index (Phi) is 5.19. The van der Waals surface area contributed by atoms with Crippen LogP contribution in [0, 0.1) is 0 Å². The minimum absolute atomic E-state index is 0.137. The van der Waals surface area contributed by atoms with E-state index in [2.05, 4.69) is 35.3 Å². The van der Waals surface area contributed by atoms with Crippen LogP contribution in [-0.2, 0) is 12.8 Å². The molecule has 1 aliphatic rings. The van der Waals surface area contributed by atoms with E-state index in [9.17, 15) is 0 Å². The van der Waals surface area contributed by atoms with E-state index < -0.39 is 0 Å². The maximum atomic E-state index is 9.07. The van der Waals surface area contributed by atoms with E-state index in [0.717, 1.165) is 19.4 Å². The first kappa shape index (κ1) is 14.3. The average Bonchev–Trinajstić information content (AvgIpc) is 2.86. The summed E-state index contributed by atoms with van der Waals surface area (Å²) in [5.74, 6) is 0. The Labute approximate surface area is 115 Å². The Balaban J connectivity index is 1.98. The molecule has 1 aliphatic heterocycles. The van der Waals surface area contributed by atoms with Crippen LogP contribution in [0.5, 0.6) is 0 Å². The van der Waals surface area contributed by atoms with Gasteiger partial charge >= 0.3 is 0 Å². The first-order valence-corrected chi connectivity index (χ1v) is 7.06. The van der Waals surface area contributed by atoms with Crippen LogP contribution in [0.3, 0.4) is 0 Å². The first-order valence-electron chi connectivity index (χ1n) is 7.06. The second-order valence-electron chi connectivity index (χ2n) is 5.20. The molecule has 4 heteroatoms. The molecule has 1 atom stereocenters. The van der Waals surface area contributed by atoms with Gasteiger partial charge in [-0.3, -0.25) is 4.90 Å². The summed E-state index contributed by atoms with van der Waals surface area (Å²) in [6.45, 7) is 4.70. The van der Waals surface area contributed by atoms with Gasteiger partial charge in [0, 0.05) is 31.4 Å². The quantitative estimate of drug-likeness (QED) is 0.684. The van der Waals surface area contributed by atoms with Gasteiger partial charge < -0.3 is 15.5 Å². The van der Waals surface area contributed by atoms with Crippen molar-refractivity contribution in [3.63, 3.8) is 0 Å². The van der Waals surface area contributed by atoms with Gasteiger partial charge in [0.1, 0.15) is 0 Å².